The molecule has 4 aromatic rings. The molecule has 0 aliphatic heterocycles. The van der Waals surface area contributed by atoms with Crippen LogP contribution in [-0.2, 0) is 19.9 Å². The fraction of sp³-hybridized carbons (Fsp3) is 0.0833. The molecule has 0 saturated carbocycles. The first-order valence-corrected chi connectivity index (χ1v) is 13.5. The quantitative estimate of drug-likeness (QED) is 0.220. The highest BCUT2D eigenvalue weighted by atomic mass is 32.2. The highest BCUT2D eigenvalue weighted by Crippen LogP contribution is 2.18. The topological polar surface area (TPSA) is 149 Å². The zero-order valence-electron chi connectivity index (χ0n) is 18.5. The first-order valence-electron chi connectivity index (χ1n) is 10.3. The van der Waals surface area contributed by atoms with Crippen LogP contribution in [0.5, 0.6) is 0 Å². The first kappa shape index (κ1) is 24.3. The van der Waals surface area contributed by atoms with Gasteiger partial charge in [0.15, 0.2) is 9.84 Å². The van der Waals surface area contributed by atoms with Crippen molar-refractivity contribution in [2.24, 2.45) is 10.2 Å². The number of hydrogen-bond donors (Lipinski definition) is 2. The van der Waals surface area contributed by atoms with Crippen LogP contribution in [-0.4, -0.2) is 28.3 Å². The summed E-state index contributed by atoms with van der Waals surface area (Å²) >= 11 is 0. The summed E-state index contributed by atoms with van der Waals surface area (Å²) in [5.74, 6) is -0.582. The smallest absolute Gasteiger partial charge is 0.345 e. The number of primary sulfonamides is 1. The number of sulfone groups is 1. The van der Waals surface area contributed by atoms with Crippen molar-refractivity contribution in [3.05, 3.63) is 100 Å². The van der Waals surface area contributed by atoms with E-state index in [0.717, 1.165) is 5.56 Å². The van der Waals surface area contributed by atoms with E-state index in [9.17, 15) is 21.6 Å². The lowest BCUT2D eigenvalue weighted by molar-refractivity contribution is 0.559. The third-order valence-electron chi connectivity index (χ3n) is 5.16. The average Bonchev–Trinajstić information content (AvgIpc) is 2.81. The summed E-state index contributed by atoms with van der Waals surface area (Å²) in [6.45, 7) is 1.84. The fourth-order valence-corrected chi connectivity index (χ4v) is 5.11. The summed E-state index contributed by atoms with van der Waals surface area (Å²) in [5, 5.41) is 9.91. The van der Waals surface area contributed by atoms with Gasteiger partial charge in [-0.15, -0.1) is 0 Å². The Morgan fingerprint density at radius 1 is 0.914 bits per heavy atom. The molecule has 1 aromatic heterocycles. The predicted molar refractivity (Wildman–Crippen MR) is 134 cm³/mol. The van der Waals surface area contributed by atoms with Gasteiger partial charge in [0, 0.05) is 5.39 Å². The lowest BCUT2D eigenvalue weighted by atomic mass is 10.1. The van der Waals surface area contributed by atoms with E-state index in [1.165, 1.54) is 42.5 Å². The predicted octanol–water partition coefficient (Wildman–Crippen LogP) is 3.04. The lowest BCUT2D eigenvalue weighted by Gasteiger charge is -2.10. The van der Waals surface area contributed by atoms with Crippen molar-refractivity contribution in [3.8, 4) is 0 Å². The Balaban J connectivity index is 1.77. The van der Waals surface area contributed by atoms with Crippen LogP contribution >= 0.6 is 0 Å². The van der Waals surface area contributed by atoms with Crippen LogP contribution in [0.3, 0.4) is 0 Å². The van der Waals surface area contributed by atoms with Gasteiger partial charge in [0.1, 0.15) is 5.58 Å². The molecule has 0 fully saturated rings. The van der Waals surface area contributed by atoms with E-state index in [1.54, 1.807) is 36.4 Å². The number of sulfonamides is 1. The number of para-hydroxylation sites is 1. The molecule has 180 valence electrons. The molecule has 0 spiro atoms. The number of rotatable bonds is 7. The van der Waals surface area contributed by atoms with Gasteiger partial charge in [-0.25, -0.2) is 26.8 Å². The summed E-state index contributed by atoms with van der Waals surface area (Å²) in [6, 6.07) is 20.1. The number of benzene rings is 3. The van der Waals surface area contributed by atoms with Gasteiger partial charge in [0.2, 0.25) is 10.0 Å². The second kappa shape index (κ2) is 9.45. The van der Waals surface area contributed by atoms with Gasteiger partial charge in [0.25, 0.3) is 0 Å². The monoisotopic (exact) mass is 511 g/mol. The highest BCUT2D eigenvalue weighted by molar-refractivity contribution is 7.92. The average molecular weight is 512 g/mol. The standard InChI is InChI=1S/C24H21N3O6S2/c1-16-6-10-19(11-7-16)34(29,30)15-22(21-14-17-4-2-3-5-23(17)33-24(21)28)27-26-18-8-12-20(13-9-18)35(25,31)32/h2-14,26H,15H2,1H3,(H2,25,31,32)/b27-22-. The molecule has 11 heteroatoms. The molecule has 1 heterocycles. The molecule has 0 radical (unpaired) electrons. The molecule has 3 aromatic carbocycles. The summed E-state index contributed by atoms with van der Waals surface area (Å²) in [5.41, 5.74) is 3.47. The molecule has 3 N–H and O–H groups in total. The Kier molecular flexibility index (Phi) is 6.57. The minimum atomic E-state index is -3.87. The summed E-state index contributed by atoms with van der Waals surface area (Å²) in [6.07, 6.45) is 0. The number of fused-ring (bicyclic) bond motifs is 1. The van der Waals surface area contributed by atoms with Gasteiger partial charge in [-0.05, 0) is 55.5 Å². The molecule has 4 rings (SSSR count). The Labute approximate surface area is 201 Å². The minimum Gasteiger partial charge on any atom is -0.422 e. The van der Waals surface area contributed by atoms with Crippen molar-refractivity contribution < 1.29 is 21.3 Å². The Hall–Kier alpha value is -3.80. The van der Waals surface area contributed by atoms with E-state index < -0.39 is 31.2 Å². The van der Waals surface area contributed by atoms with Gasteiger partial charge in [-0.1, -0.05) is 35.9 Å². The zero-order chi connectivity index (χ0) is 25.2. The lowest BCUT2D eigenvalue weighted by Crippen LogP contribution is -2.24. The van der Waals surface area contributed by atoms with Crippen LogP contribution in [0.2, 0.25) is 0 Å². The van der Waals surface area contributed by atoms with E-state index in [4.69, 9.17) is 9.56 Å². The van der Waals surface area contributed by atoms with Crippen molar-refractivity contribution in [1.82, 2.24) is 0 Å². The van der Waals surface area contributed by atoms with E-state index in [0.29, 0.717) is 16.7 Å². The molecule has 35 heavy (non-hydrogen) atoms. The largest absolute Gasteiger partial charge is 0.422 e. The van der Waals surface area contributed by atoms with Crippen LogP contribution in [0.1, 0.15) is 11.1 Å². The Morgan fingerprint density at radius 3 is 2.20 bits per heavy atom. The third kappa shape index (κ3) is 5.65. The van der Waals surface area contributed by atoms with Gasteiger partial charge in [0.05, 0.1) is 32.5 Å². The molecule has 0 bridgehead atoms. The number of nitrogens with one attached hydrogen (secondary N) is 1. The Morgan fingerprint density at radius 2 is 1.54 bits per heavy atom. The molecular formula is C24H21N3O6S2. The molecule has 0 unspecified atom stereocenters. The van der Waals surface area contributed by atoms with Crippen LogP contribution in [0.15, 0.2) is 103 Å². The fourth-order valence-electron chi connectivity index (χ4n) is 3.29. The number of anilines is 1. The van der Waals surface area contributed by atoms with Crippen molar-refractivity contribution in [2.75, 3.05) is 11.2 Å². The van der Waals surface area contributed by atoms with Crippen molar-refractivity contribution in [1.29, 1.82) is 0 Å². The third-order valence-corrected chi connectivity index (χ3v) is 7.74. The highest BCUT2D eigenvalue weighted by Gasteiger charge is 2.22. The Bertz CT molecular complexity index is 1690. The SMILES string of the molecule is Cc1ccc(S(=O)(=O)C/C(=N/Nc2ccc(S(N)(=O)=O)cc2)c2cc3ccccc3oc2=O)cc1. The maximum atomic E-state index is 13.1. The van der Waals surface area contributed by atoms with Gasteiger partial charge < -0.3 is 4.42 Å². The van der Waals surface area contributed by atoms with E-state index >= 15 is 0 Å². The number of nitrogens with zero attached hydrogens (tertiary/aromatic N) is 1. The van der Waals surface area contributed by atoms with Crippen LogP contribution in [0.25, 0.3) is 11.0 Å². The maximum absolute atomic E-state index is 13.1. The molecule has 0 saturated heterocycles. The number of nitrogens with two attached hydrogens (primary N) is 1. The second-order valence-corrected chi connectivity index (χ2v) is 11.3. The van der Waals surface area contributed by atoms with Crippen molar-refractivity contribution >= 4 is 42.2 Å². The van der Waals surface area contributed by atoms with Gasteiger partial charge in [-0.2, -0.15) is 5.10 Å². The molecule has 9 nitrogen and oxygen atoms in total. The maximum Gasteiger partial charge on any atom is 0.345 e. The number of aryl methyl sites for hydroxylation is 1. The summed E-state index contributed by atoms with van der Waals surface area (Å²) < 4.78 is 54.6. The normalized spacial score (nSPS) is 12.6. The van der Waals surface area contributed by atoms with Gasteiger partial charge >= 0.3 is 5.63 Å². The molecule has 0 amide bonds. The minimum absolute atomic E-state index is 0.0203. The molecular weight excluding hydrogens is 490 g/mol. The molecule has 0 aliphatic rings. The van der Waals surface area contributed by atoms with Crippen LogP contribution < -0.4 is 16.2 Å². The van der Waals surface area contributed by atoms with E-state index in [-0.39, 0.29) is 21.1 Å². The number of hydrogen-bond acceptors (Lipinski definition) is 8. The van der Waals surface area contributed by atoms with Crippen molar-refractivity contribution in [2.45, 2.75) is 16.7 Å². The zero-order valence-corrected chi connectivity index (χ0v) is 20.1. The van der Waals surface area contributed by atoms with Crippen LogP contribution in [0.4, 0.5) is 5.69 Å². The first-order chi connectivity index (χ1) is 16.5. The second-order valence-electron chi connectivity index (χ2n) is 7.80. The molecule has 0 aliphatic carbocycles. The summed E-state index contributed by atoms with van der Waals surface area (Å²) in [7, 11) is -7.75. The van der Waals surface area contributed by atoms with E-state index in [2.05, 4.69) is 10.5 Å². The van der Waals surface area contributed by atoms with Crippen molar-refractivity contribution in [3.63, 3.8) is 0 Å². The summed E-state index contributed by atoms with van der Waals surface area (Å²) in [4.78, 5) is 12.7. The molecule has 0 atom stereocenters. The number of hydrazone groups is 1. The van der Waals surface area contributed by atoms with Crippen LogP contribution in [0, 0.1) is 6.92 Å². The van der Waals surface area contributed by atoms with E-state index in [1.807, 2.05) is 6.92 Å². The van der Waals surface area contributed by atoms with Gasteiger partial charge in [-0.3, -0.25) is 5.43 Å².